The van der Waals surface area contributed by atoms with E-state index in [1.807, 2.05) is 6.07 Å². The molecule has 0 aliphatic rings. The summed E-state index contributed by atoms with van der Waals surface area (Å²) in [5, 5.41) is 9.40. The largest absolute Gasteiger partial charge is 0.334 e. The summed E-state index contributed by atoms with van der Waals surface area (Å²) in [5.74, 6) is 0.193. The molecule has 0 aliphatic heterocycles. The number of hydrogen-bond donors (Lipinski definition) is 2. The van der Waals surface area contributed by atoms with Crippen molar-refractivity contribution in [3.63, 3.8) is 0 Å². The third kappa shape index (κ3) is 3.74. The Morgan fingerprint density at radius 2 is 2.21 bits per heavy atom. The van der Waals surface area contributed by atoms with Crippen LogP contribution in [0.4, 0.5) is 14.9 Å². The molecule has 2 amide bonds. The molecule has 0 bridgehead atoms. The molecule has 0 saturated carbocycles. The Balaban J connectivity index is 1.67. The standard InChI is InChI=1S/C15H12BrFN6O/c16-12-6-11(17)3-4-13(12)22-15(24)20-7-10-2-1-5-19-14(10)23-9-18-8-21-23/h1-6,8-9H,7H2,(H2,20,22,24). The second-order valence-corrected chi connectivity index (χ2v) is 5.61. The van der Waals surface area contributed by atoms with Gasteiger partial charge in [-0.05, 0) is 40.2 Å². The topological polar surface area (TPSA) is 84.7 Å². The van der Waals surface area contributed by atoms with E-state index < -0.39 is 6.03 Å². The molecule has 1 aromatic carbocycles. The van der Waals surface area contributed by atoms with Crippen molar-refractivity contribution in [3.8, 4) is 5.82 Å². The van der Waals surface area contributed by atoms with Gasteiger partial charge >= 0.3 is 6.03 Å². The lowest BCUT2D eigenvalue weighted by Gasteiger charge is -2.11. The van der Waals surface area contributed by atoms with Crippen molar-refractivity contribution in [2.75, 3.05) is 5.32 Å². The second kappa shape index (κ2) is 7.18. The molecular formula is C15H12BrFN6O. The number of aromatic nitrogens is 4. The van der Waals surface area contributed by atoms with Gasteiger partial charge < -0.3 is 10.6 Å². The predicted octanol–water partition coefficient (Wildman–Crippen LogP) is 2.89. The highest BCUT2D eigenvalue weighted by atomic mass is 79.9. The van der Waals surface area contributed by atoms with Gasteiger partial charge in [0, 0.05) is 22.8 Å². The van der Waals surface area contributed by atoms with Gasteiger partial charge in [0.05, 0.1) is 5.69 Å². The molecule has 122 valence electrons. The summed E-state index contributed by atoms with van der Waals surface area (Å²) in [6.45, 7) is 0.244. The fraction of sp³-hybridized carbons (Fsp3) is 0.0667. The fourth-order valence-electron chi connectivity index (χ4n) is 2.02. The molecule has 3 rings (SSSR count). The lowest BCUT2D eigenvalue weighted by molar-refractivity contribution is 0.251. The van der Waals surface area contributed by atoms with E-state index in [1.54, 1.807) is 12.3 Å². The van der Waals surface area contributed by atoms with Crippen molar-refractivity contribution in [1.29, 1.82) is 0 Å². The zero-order chi connectivity index (χ0) is 16.9. The summed E-state index contributed by atoms with van der Waals surface area (Å²) in [7, 11) is 0. The van der Waals surface area contributed by atoms with Crippen LogP contribution in [0.2, 0.25) is 0 Å². The number of halogens is 2. The summed E-state index contributed by atoms with van der Waals surface area (Å²) < 4.78 is 15.0. The van der Waals surface area contributed by atoms with Crippen LogP contribution in [0, 0.1) is 5.82 Å². The average Bonchev–Trinajstić information content (AvgIpc) is 3.10. The van der Waals surface area contributed by atoms with Crippen LogP contribution in [0.15, 0.2) is 53.7 Å². The second-order valence-electron chi connectivity index (χ2n) is 4.76. The Hall–Kier alpha value is -2.81. The van der Waals surface area contributed by atoms with Gasteiger partial charge in [-0.2, -0.15) is 5.10 Å². The third-order valence-corrected chi connectivity index (χ3v) is 3.78. The Labute approximate surface area is 145 Å². The summed E-state index contributed by atoms with van der Waals surface area (Å²) in [6.07, 6.45) is 4.57. The number of rotatable bonds is 4. The van der Waals surface area contributed by atoms with E-state index >= 15 is 0 Å². The van der Waals surface area contributed by atoms with Crippen molar-refractivity contribution in [3.05, 3.63) is 65.0 Å². The number of nitrogens with one attached hydrogen (secondary N) is 2. The number of anilines is 1. The summed E-state index contributed by atoms with van der Waals surface area (Å²) in [6, 6.07) is 7.20. The lowest BCUT2D eigenvalue weighted by atomic mass is 10.2. The zero-order valence-electron chi connectivity index (χ0n) is 12.3. The van der Waals surface area contributed by atoms with Crippen LogP contribution in [-0.2, 0) is 6.54 Å². The Bertz CT molecular complexity index is 855. The molecule has 0 aliphatic carbocycles. The first-order valence-corrected chi connectivity index (χ1v) is 7.71. The monoisotopic (exact) mass is 390 g/mol. The third-order valence-electron chi connectivity index (χ3n) is 3.12. The van der Waals surface area contributed by atoms with Crippen LogP contribution in [0.1, 0.15) is 5.56 Å². The van der Waals surface area contributed by atoms with E-state index in [2.05, 4.69) is 41.6 Å². The van der Waals surface area contributed by atoms with Crippen molar-refractivity contribution in [2.45, 2.75) is 6.54 Å². The molecule has 3 aromatic rings. The first kappa shape index (κ1) is 16.1. The number of amides is 2. The minimum absolute atomic E-state index is 0.244. The van der Waals surface area contributed by atoms with Crippen molar-refractivity contribution < 1.29 is 9.18 Å². The highest BCUT2D eigenvalue weighted by Gasteiger charge is 2.09. The van der Waals surface area contributed by atoms with Crippen molar-refractivity contribution in [2.24, 2.45) is 0 Å². The highest BCUT2D eigenvalue weighted by Crippen LogP contribution is 2.22. The van der Waals surface area contributed by atoms with Crippen LogP contribution in [-0.4, -0.2) is 25.8 Å². The summed E-state index contributed by atoms with van der Waals surface area (Å²) in [5.41, 5.74) is 1.24. The predicted molar refractivity (Wildman–Crippen MR) is 89.1 cm³/mol. The van der Waals surface area contributed by atoms with Crippen molar-refractivity contribution in [1.82, 2.24) is 25.1 Å². The Kier molecular flexibility index (Phi) is 4.80. The molecule has 2 heterocycles. The molecule has 2 aromatic heterocycles. The quantitative estimate of drug-likeness (QED) is 0.717. The normalized spacial score (nSPS) is 10.4. The van der Waals surface area contributed by atoms with Crippen LogP contribution in [0.3, 0.4) is 0 Å². The first-order valence-electron chi connectivity index (χ1n) is 6.92. The smallest absolute Gasteiger partial charge is 0.319 e. The number of urea groups is 1. The molecule has 0 spiro atoms. The van der Waals surface area contributed by atoms with E-state index in [4.69, 9.17) is 0 Å². The molecule has 7 nitrogen and oxygen atoms in total. The Morgan fingerprint density at radius 1 is 1.33 bits per heavy atom. The number of carbonyl (C=O) groups is 1. The number of pyridine rings is 1. The summed E-state index contributed by atoms with van der Waals surface area (Å²) >= 11 is 3.20. The van der Waals surface area contributed by atoms with E-state index in [1.165, 1.54) is 35.5 Å². The molecule has 2 N–H and O–H groups in total. The van der Waals surface area contributed by atoms with Crippen LogP contribution < -0.4 is 10.6 Å². The van der Waals surface area contributed by atoms with E-state index in [0.29, 0.717) is 16.0 Å². The first-order chi connectivity index (χ1) is 11.6. The van der Waals surface area contributed by atoms with Crippen molar-refractivity contribution >= 4 is 27.6 Å². The SMILES string of the molecule is O=C(NCc1cccnc1-n1cncn1)Nc1ccc(F)cc1Br. The van der Waals surface area contributed by atoms with Gasteiger partial charge in [0.25, 0.3) is 0 Å². The van der Waals surface area contributed by atoms with Gasteiger partial charge in [0.2, 0.25) is 0 Å². The lowest BCUT2D eigenvalue weighted by Crippen LogP contribution is -2.29. The number of carbonyl (C=O) groups excluding carboxylic acids is 1. The molecule has 0 unspecified atom stereocenters. The molecule has 0 saturated heterocycles. The number of hydrogen-bond acceptors (Lipinski definition) is 4. The molecule has 0 fully saturated rings. The minimum Gasteiger partial charge on any atom is -0.334 e. The highest BCUT2D eigenvalue weighted by molar-refractivity contribution is 9.10. The zero-order valence-corrected chi connectivity index (χ0v) is 13.9. The molecule has 0 radical (unpaired) electrons. The van der Waals surface area contributed by atoms with Gasteiger partial charge in [0.1, 0.15) is 18.5 Å². The summed E-state index contributed by atoms with van der Waals surface area (Å²) in [4.78, 5) is 20.2. The van der Waals surface area contributed by atoms with Gasteiger partial charge in [0.15, 0.2) is 5.82 Å². The Morgan fingerprint density at radius 3 is 2.96 bits per heavy atom. The van der Waals surface area contributed by atoms with Crippen LogP contribution in [0.5, 0.6) is 0 Å². The number of nitrogens with zero attached hydrogens (tertiary/aromatic N) is 4. The molecule has 24 heavy (non-hydrogen) atoms. The molecule has 9 heteroatoms. The fourth-order valence-corrected chi connectivity index (χ4v) is 2.47. The van der Waals surface area contributed by atoms with E-state index in [9.17, 15) is 9.18 Å². The number of benzene rings is 1. The van der Waals surface area contributed by atoms with E-state index in [-0.39, 0.29) is 12.4 Å². The maximum absolute atomic E-state index is 13.1. The van der Waals surface area contributed by atoms with Crippen LogP contribution >= 0.6 is 15.9 Å². The van der Waals surface area contributed by atoms with Gasteiger partial charge in [-0.25, -0.2) is 23.8 Å². The van der Waals surface area contributed by atoms with Gasteiger partial charge in [-0.15, -0.1) is 0 Å². The van der Waals surface area contributed by atoms with Gasteiger partial charge in [-0.3, -0.25) is 0 Å². The average molecular weight is 391 g/mol. The van der Waals surface area contributed by atoms with E-state index in [0.717, 1.165) is 5.56 Å². The molecule has 0 atom stereocenters. The molecular weight excluding hydrogens is 379 g/mol. The van der Waals surface area contributed by atoms with Crippen LogP contribution in [0.25, 0.3) is 5.82 Å². The maximum atomic E-state index is 13.1. The minimum atomic E-state index is -0.421. The maximum Gasteiger partial charge on any atom is 0.319 e. The van der Waals surface area contributed by atoms with Gasteiger partial charge in [-0.1, -0.05) is 6.07 Å².